The SMILES string of the molecule is NSc1cc(Nc2ncnc3sc4c(c23)CCC(C(=O)O)C4)ccc1N. The van der Waals surface area contributed by atoms with Crippen molar-refractivity contribution in [2.75, 3.05) is 11.1 Å². The van der Waals surface area contributed by atoms with Gasteiger partial charge in [-0.15, -0.1) is 11.3 Å². The summed E-state index contributed by atoms with van der Waals surface area (Å²) < 4.78 is 0. The summed E-state index contributed by atoms with van der Waals surface area (Å²) in [6, 6.07) is 5.56. The molecule has 4 rings (SSSR count). The van der Waals surface area contributed by atoms with Crippen molar-refractivity contribution in [2.45, 2.75) is 24.2 Å². The summed E-state index contributed by atoms with van der Waals surface area (Å²) in [6.45, 7) is 0. The first-order valence-electron chi connectivity index (χ1n) is 8.08. The van der Waals surface area contributed by atoms with E-state index in [-0.39, 0.29) is 5.92 Å². The molecule has 0 spiro atoms. The molecule has 7 nitrogen and oxygen atoms in total. The van der Waals surface area contributed by atoms with Crippen molar-refractivity contribution in [3.05, 3.63) is 35.0 Å². The fourth-order valence-electron chi connectivity index (χ4n) is 3.27. The number of thiophene rings is 1. The molecule has 0 amide bonds. The Morgan fingerprint density at radius 3 is 3.00 bits per heavy atom. The largest absolute Gasteiger partial charge is 0.481 e. The van der Waals surface area contributed by atoms with E-state index in [4.69, 9.17) is 10.9 Å². The van der Waals surface area contributed by atoms with Gasteiger partial charge in [-0.05, 0) is 55.0 Å². The van der Waals surface area contributed by atoms with Crippen molar-refractivity contribution in [3.63, 3.8) is 0 Å². The van der Waals surface area contributed by atoms with Crippen LogP contribution in [0.4, 0.5) is 17.2 Å². The number of fused-ring (bicyclic) bond motifs is 3. The number of hydrogen-bond acceptors (Lipinski definition) is 8. The van der Waals surface area contributed by atoms with Gasteiger partial charge in [-0.3, -0.25) is 9.93 Å². The fraction of sp³-hybridized carbons (Fsp3) is 0.235. The van der Waals surface area contributed by atoms with Gasteiger partial charge in [0.2, 0.25) is 0 Å². The Balaban J connectivity index is 1.74. The van der Waals surface area contributed by atoms with Crippen LogP contribution >= 0.6 is 23.3 Å². The summed E-state index contributed by atoms with van der Waals surface area (Å²) in [7, 11) is 0. The van der Waals surface area contributed by atoms with Crippen molar-refractivity contribution in [2.24, 2.45) is 11.1 Å². The normalized spacial score (nSPS) is 16.4. The van der Waals surface area contributed by atoms with Gasteiger partial charge in [0.15, 0.2) is 0 Å². The molecule has 26 heavy (non-hydrogen) atoms. The van der Waals surface area contributed by atoms with Gasteiger partial charge in [-0.25, -0.2) is 9.97 Å². The molecule has 2 heterocycles. The highest BCUT2D eigenvalue weighted by molar-refractivity contribution is 7.97. The number of nitrogen functional groups attached to an aromatic ring is 1. The lowest BCUT2D eigenvalue weighted by atomic mass is 9.88. The highest BCUT2D eigenvalue weighted by Crippen LogP contribution is 2.40. The second-order valence-electron chi connectivity index (χ2n) is 6.18. The number of aromatic nitrogens is 2. The van der Waals surface area contributed by atoms with Crippen molar-refractivity contribution >= 4 is 56.7 Å². The van der Waals surface area contributed by atoms with E-state index in [2.05, 4.69) is 15.3 Å². The molecule has 3 aromatic rings. The number of anilines is 3. The number of aliphatic carboxylic acids is 1. The van der Waals surface area contributed by atoms with E-state index in [0.717, 1.165) is 55.4 Å². The first-order valence-corrected chi connectivity index (χ1v) is 9.77. The molecule has 0 aliphatic heterocycles. The second kappa shape index (κ2) is 6.75. The number of carboxylic acids is 1. The maximum atomic E-state index is 11.3. The second-order valence-corrected chi connectivity index (χ2v) is 7.94. The van der Waals surface area contributed by atoms with Gasteiger partial charge in [-0.2, -0.15) is 0 Å². The van der Waals surface area contributed by atoms with Crippen molar-refractivity contribution in [1.82, 2.24) is 9.97 Å². The first kappa shape index (κ1) is 17.1. The lowest BCUT2D eigenvalue weighted by Crippen LogP contribution is -2.21. The Morgan fingerprint density at radius 2 is 2.23 bits per heavy atom. The van der Waals surface area contributed by atoms with Crippen LogP contribution < -0.4 is 16.2 Å². The summed E-state index contributed by atoms with van der Waals surface area (Å²) in [4.78, 5) is 22.9. The predicted octanol–water partition coefficient (Wildman–Crippen LogP) is 3.17. The maximum absolute atomic E-state index is 11.3. The summed E-state index contributed by atoms with van der Waals surface area (Å²) in [5, 5.41) is 19.3. The summed E-state index contributed by atoms with van der Waals surface area (Å²) in [5.41, 5.74) is 8.52. The Bertz CT molecular complexity index is 1000. The van der Waals surface area contributed by atoms with E-state index in [1.54, 1.807) is 17.4 Å². The van der Waals surface area contributed by atoms with Crippen LogP contribution in [0.3, 0.4) is 0 Å². The molecular weight excluding hydrogens is 370 g/mol. The molecular formula is C17H17N5O2S2. The number of hydrogen-bond donors (Lipinski definition) is 4. The number of rotatable bonds is 4. The summed E-state index contributed by atoms with van der Waals surface area (Å²) in [5.74, 6) is -0.327. The molecule has 1 unspecified atom stereocenters. The summed E-state index contributed by atoms with van der Waals surface area (Å²) in [6.07, 6.45) is 3.44. The van der Waals surface area contributed by atoms with Gasteiger partial charge in [-0.1, -0.05) is 0 Å². The number of nitrogens with two attached hydrogens (primary N) is 2. The van der Waals surface area contributed by atoms with Crippen LogP contribution in [0.25, 0.3) is 10.2 Å². The lowest BCUT2D eigenvalue weighted by Gasteiger charge is -2.18. The van der Waals surface area contributed by atoms with Crippen molar-refractivity contribution in [3.8, 4) is 0 Å². The van der Waals surface area contributed by atoms with Gasteiger partial charge in [0.05, 0.1) is 11.3 Å². The zero-order chi connectivity index (χ0) is 18.3. The average molecular weight is 387 g/mol. The zero-order valence-corrected chi connectivity index (χ0v) is 15.4. The van der Waals surface area contributed by atoms with Crippen molar-refractivity contribution in [1.29, 1.82) is 0 Å². The van der Waals surface area contributed by atoms with Crippen LogP contribution in [0.1, 0.15) is 16.9 Å². The Hall–Kier alpha value is -2.36. The van der Waals surface area contributed by atoms with E-state index in [0.29, 0.717) is 18.5 Å². The minimum atomic E-state index is -0.730. The number of carboxylic acid groups (broad SMARTS) is 1. The molecule has 0 saturated heterocycles. The van der Waals surface area contributed by atoms with Crippen LogP contribution in [0, 0.1) is 5.92 Å². The van der Waals surface area contributed by atoms with Gasteiger partial charge in [0.25, 0.3) is 0 Å². The van der Waals surface area contributed by atoms with Crippen LogP contribution in [0.2, 0.25) is 0 Å². The first-order chi connectivity index (χ1) is 12.6. The van der Waals surface area contributed by atoms with Crippen LogP contribution in [-0.2, 0) is 17.6 Å². The number of nitrogens with zero attached hydrogens (tertiary/aromatic N) is 2. The Morgan fingerprint density at radius 1 is 1.38 bits per heavy atom. The van der Waals surface area contributed by atoms with Gasteiger partial charge in [0.1, 0.15) is 17.0 Å². The molecule has 0 fully saturated rings. The van der Waals surface area contributed by atoms with Gasteiger partial charge in [0, 0.05) is 21.1 Å². The zero-order valence-electron chi connectivity index (χ0n) is 13.7. The minimum Gasteiger partial charge on any atom is -0.481 e. The topological polar surface area (TPSA) is 127 Å². The van der Waals surface area contributed by atoms with Crippen LogP contribution in [0.5, 0.6) is 0 Å². The molecule has 1 atom stereocenters. The smallest absolute Gasteiger partial charge is 0.306 e. The number of carbonyl (C=O) groups is 1. The highest BCUT2D eigenvalue weighted by Gasteiger charge is 2.28. The molecule has 1 aromatic carbocycles. The molecule has 0 bridgehead atoms. The molecule has 0 radical (unpaired) electrons. The van der Waals surface area contributed by atoms with Crippen LogP contribution in [0.15, 0.2) is 29.4 Å². The molecule has 0 saturated carbocycles. The monoisotopic (exact) mass is 387 g/mol. The van der Waals surface area contributed by atoms with Gasteiger partial charge < -0.3 is 16.2 Å². The fourth-order valence-corrected chi connectivity index (χ4v) is 4.93. The van der Waals surface area contributed by atoms with Crippen LogP contribution in [-0.4, -0.2) is 21.0 Å². The molecule has 134 valence electrons. The van der Waals surface area contributed by atoms with E-state index < -0.39 is 5.97 Å². The molecule has 9 heteroatoms. The third kappa shape index (κ3) is 2.98. The van der Waals surface area contributed by atoms with E-state index in [1.165, 1.54) is 6.33 Å². The molecule has 1 aliphatic rings. The third-order valence-electron chi connectivity index (χ3n) is 4.60. The van der Waals surface area contributed by atoms with E-state index in [1.807, 2.05) is 12.1 Å². The van der Waals surface area contributed by atoms with E-state index >= 15 is 0 Å². The number of nitrogens with one attached hydrogen (secondary N) is 1. The Labute approximate surface area is 158 Å². The third-order valence-corrected chi connectivity index (χ3v) is 6.37. The minimum absolute atomic E-state index is 0.318. The molecule has 1 aliphatic carbocycles. The predicted molar refractivity (Wildman–Crippen MR) is 105 cm³/mol. The molecule has 6 N–H and O–H groups in total. The average Bonchev–Trinajstić information content (AvgIpc) is 3.01. The maximum Gasteiger partial charge on any atom is 0.306 e. The van der Waals surface area contributed by atoms with Gasteiger partial charge >= 0.3 is 5.97 Å². The lowest BCUT2D eigenvalue weighted by molar-refractivity contribution is -0.142. The van der Waals surface area contributed by atoms with E-state index in [9.17, 15) is 9.90 Å². The van der Waals surface area contributed by atoms with Crippen molar-refractivity contribution < 1.29 is 9.90 Å². The quantitative estimate of drug-likeness (QED) is 0.397. The highest BCUT2D eigenvalue weighted by atomic mass is 32.2. The number of benzene rings is 1. The number of aryl methyl sites for hydroxylation is 1. The Kier molecular flexibility index (Phi) is 4.43. The summed E-state index contributed by atoms with van der Waals surface area (Å²) >= 11 is 2.66. The standard InChI is InChI=1S/C17H17N5O2S2/c18-11-4-2-9(6-13(11)26-19)22-15-14-10-3-1-8(17(23)24)5-12(10)25-16(14)21-7-20-15/h2,4,6-8H,1,3,5,18-19H2,(H,23,24)(H,20,21,22). The molecule has 2 aromatic heterocycles.